The summed E-state index contributed by atoms with van der Waals surface area (Å²) in [5, 5.41) is 2.71. The van der Waals surface area contributed by atoms with Crippen molar-refractivity contribution in [2.24, 2.45) is 5.92 Å². The predicted octanol–water partition coefficient (Wildman–Crippen LogP) is 2.35. The Morgan fingerprint density at radius 2 is 1.83 bits per heavy atom. The summed E-state index contributed by atoms with van der Waals surface area (Å²) in [6.45, 7) is 4.36. The summed E-state index contributed by atoms with van der Waals surface area (Å²) >= 11 is 0. The van der Waals surface area contributed by atoms with Crippen molar-refractivity contribution in [2.45, 2.75) is 57.8 Å². The van der Waals surface area contributed by atoms with Crippen molar-refractivity contribution in [3.8, 4) is 0 Å². The number of hydrogen-bond donors (Lipinski definition) is 1. The first kappa shape index (κ1) is 25.3. The predicted molar refractivity (Wildman–Crippen MR) is 132 cm³/mol. The number of fused-ring (bicyclic) bond motifs is 1. The minimum Gasteiger partial charge on any atom is -0.445 e. The quantitative estimate of drug-likeness (QED) is 0.606. The van der Waals surface area contributed by atoms with Gasteiger partial charge in [0.05, 0.1) is 19.0 Å². The van der Waals surface area contributed by atoms with Gasteiger partial charge in [-0.3, -0.25) is 19.4 Å². The average Bonchev–Trinajstić information content (AvgIpc) is 3.44. The van der Waals surface area contributed by atoms with Crippen LogP contribution < -0.4 is 5.32 Å². The standard InChI is InChI=1S/C27H32N4O5/c1-18(2)13-21(29-27(35)36-17-19-7-4-3-5-8-19)26(34)30-12-10-22-25(30)23(32)16-31(22)24(33)14-20-9-6-11-28-15-20/h3-9,11,15,18,21-22,25H,10,12-14,16-17H2,1-2H3,(H,29,35). The van der Waals surface area contributed by atoms with Crippen molar-refractivity contribution < 1.29 is 23.9 Å². The second-order valence-electron chi connectivity index (χ2n) is 9.75. The van der Waals surface area contributed by atoms with Crippen LogP contribution in [0.25, 0.3) is 0 Å². The van der Waals surface area contributed by atoms with Gasteiger partial charge in [0.25, 0.3) is 0 Å². The Labute approximate surface area is 210 Å². The van der Waals surface area contributed by atoms with Crippen LogP contribution in [0.3, 0.4) is 0 Å². The fourth-order valence-corrected chi connectivity index (χ4v) is 4.97. The molecule has 2 aliphatic heterocycles. The normalized spacial score (nSPS) is 19.8. The fraction of sp³-hybridized carbons (Fsp3) is 0.444. The molecule has 0 spiro atoms. The van der Waals surface area contributed by atoms with Gasteiger partial charge in [0.1, 0.15) is 18.7 Å². The molecule has 3 unspecified atom stereocenters. The third-order valence-electron chi connectivity index (χ3n) is 6.61. The van der Waals surface area contributed by atoms with E-state index in [2.05, 4.69) is 10.3 Å². The molecule has 2 aromatic rings. The van der Waals surface area contributed by atoms with Crippen LogP contribution in [0.15, 0.2) is 54.9 Å². The summed E-state index contributed by atoms with van der Waals surface area (Å²) in [7, 11) is 0. The van der Waals surface area contributed by atoms with Crippen LogP contribution in [0, 0.1) is 5.92 Å². The molecule has 0 aliphatic carbocycles. The minimum atomic E-state index is -0.819. The van der Waals surface area contributed by atoms with E-state index >= 15 is 0 Å². The zero-order chi connectivity index (χ0) is 25.7. The Hall–Kier alpha value is -3.75. The highest BCUT2D eigenvalue weighted by Gasteiger charge is 2.52. The third-order valence-corrected chi connectivity index (χ3v) is 6.61. The van der Waals surface area contributed by atoms with Crippen molar-refractivity contribution in [3.63, 3.8) is 0 Å². The summed E-state index contributed by atoms with van der Waals surface area (Å²) in [5.41, 5.74) is 1.62. The van der Waals surface area contributed by atoms with E-state index in [4.69, 9.17) is 4.74 Å². The lowest BCUT2D eigenvalue weighted by molar-refractivity contribution is -0.138. The van der Waals surface area contributed by atoms with Gasteiger partial charge in [0.15, 0.2) is 5.78 Å². The molecule has 0 saturated carbocycles. The van der Waals surface area contributed by atoms with Gasteiger partial charge in [-0.1, -0.05) is 50.2 Å². The Kier molecular flexibility index (Phi) is 7.97. The smallest absolute Gasteiger partial charge is 0.408 e. The molecular formula is C27H32N4O5. The fourth-order valence-electron chi connectivity index (χ4n) is 4.97. The van der Waals surface area contributed by atoms with Gasteiger partial charge in [-0.15, -0.1) is 0 Å². The molecule has 2 saturated heterocycles. The zero-order valence-electron chi connectivity index (χ0n) is 20.6. The molecular weight excluding hydrogens is 460 g/mol. The topological polar surface area (TPSA) is 109 Å². The van der Waals surface area contributed by atoms with E-state index in [0.29, 0.717) is 19.4 Å². The lowest BCUT2D eigenvalue weighted by Gasteiger charge is -2.29. The Morgan fingerprint density at radius 1 is 1.08 bits per heavy atom. The van der Waals surface area contributed by atoms with Crippen molar-refractivity contribution in [3.05, 3.63) is 66.0 Å². The first-order chi connectivity index (χ1) is 17.3. The van der Waals surface area contributed by atoms with Crippen LogP contribution >= 0.6 is 0 Å². The Morgan fingerprint density at radius 3 is 2.53 bits per heavy atom. The molecule has 0 radical (unpaired) electrons. The van der Waals surface area contributed by atoms with Gasteiger partial charge in [0, 0.05) is 18.9 Å². The summed E-state index contributed by atoms with van der Waals surface area (Å²) in [6, 6.07) is 11.0. The molecule has 3 atom stereocenters. The van der Waals surface area contributed by atoms with Gasteiger partial charge < -0.3 is 19.9 Å². The van der Waals surface area contributed by atoms with Crippen molar-refractivity contribution in [1.29, 1.82) is 0 Å². The zero-order valence-corrected chi connectivity index (χ0v) is 20.6. The first-order valence-corrected chi connectivity index (χ1v) is 12.3. The highest BCUT2D eigenvalue weighted by molar-refractivity contribution is 5.99. The molecule has 1 N–H and O–H groups in total. The van der Waals surface area contributed by atoms with E-state index in [-0.39, 0.29) is 49.1 Å². The summed E-state index contributed by atoms with van der Waals surface area (Å²) < 4.78 is 5.32. The van der Waals surface area contributed by atoms with E-state index < -0.39 is 18.2 Å². The van der Waals surface area contributed by atoms with Crippen LogP contribution in [0.4, 0.5) is 4.79 Å². The van der Waals surface area contributed by atoms with Gasteiger partial charge in [-0.25, -0.2) is 4.79 Å². The molecule has 4 rings (SSSR count). The van der Waals surface area contributed by atoms with Crippen LogP contribution in [-0.2, 0) is 32.1 Å². The summed E-state index contributed by atoms with van der Waals surface area (Å²) in [5.74, 6) is -0.494. The molecule has 2 aliphatic rings. The number of Topliss-reactive ketones (excluding diaryl/α,β-unsaturated/α-hetero) is 1. The van der Waals surface area contributed by atoms with Gasteiger partial charge in [-0.05, 0) is 36.0 Å². The molecule has 3 heterocycles. The number of nitrogens with one attached hydrogen (secondary N) is 1. The highest BCUT2D eigenvalue weighted by atomic mass is 16.5. The number of ether oxygens (including phenoxy) is 1. The van der Waals surface area contributed by atoms with Crippen molar-refractivity contribution in [2.75, 3.05) is 13.1 Å². The monoisotopic (exact) mass is 492 g/mol. The van der Waals surface area contributed by atoms with E-state index in [1.807, 2.05) is 50.2 Å². The second-order valence-corrected chi connectivity index (χ2v) is 9.75. The van der Waals surface area contributed by atoms with E-state index in [0.717, 1.165) is 11.1 Å². The maximum Gasteiger partial charge on any atom is 0.408 e. The van der Waals surface area contributed by atoms with Gasteiger partial charge >= 0.3 is 6.09 Å². The number of pyridine rings is 1. The van der Waals surface area contributed by atoms with Gasteiger partial charge in [0.2, 0.25) is 11.8 Å². The number of likely N-dealkylation sites (tertiary alicyclic amines) is 2. The number of amides is 3. The number of benzene rings is 1. The van der Waals surface area contributed by atoms with Crippen molar-refractivity contribution in [1.82, 2.24) is 20.1 Å². The Bertz CT molecular complexity index is 1090. The number of hydrogen-bond acceptors (Lipinski definition) is 6. The van der Waals surface area contributed by atoms with Gasteiger partial charge in [-0.2, -0.15) is 0 Å². The van der Waals surface area contributed by atoms with E-state index in [1.54, 1.807) is 23.4 Å². The van der Waals surface area contributed by atoms with Crippen LogP contribution in [0.2, 0.25) is 0 Å². The SMILES string of the molecule is CC(C)CC(NC(=O)OCc1ccccc1)C(=O)N1CCC2C1C(=O)CN2C(=O)Cc1cccnc1. The summed E-state index contributed by atoms with van der Waals surface area (Å²) in [6.07, 6.45) is 3.68. The Balaban J connectivity index is 1.40. The molecule has 9 nitrogen and oxygen atoms in total. The number of carbonyl (C=O) groups is 4. The molecule has 36 heavy (non-hydrogen) atoms. The largest absolute Gasteiger partial charge is 0.445 e. The second kappa shape index (κ2) is 11.3. The van der Waals surface area contributed by atoms with E-state index in [1.165, 1.54) is 4.90 Å². The number of ketones is 1. The molecule has 9 heteroatoms. The summed E-state index contributed by atoms with van der Waals surface area (Å²) in [4.78, 5) is 59.1. The number of alkyl carbamates (subject to hydrolysis) is 1. The number of rotatable bonds is 8. The lowest BCUT2D eigenvalue weighted by Crippen LogP contribution is -2.53. The number of carbonyl (C=O) groups excluding carboxylic acids is 4. The molecule has 1 aromatic carbocycles. The molecule has 190 valence electrons. The molecule has 0 bridgehead atoms. The maximum atomic E-state index is 13.5. The third kappa shape index (κ3) is 5.90. The minimum absolute atomic E-state index is 0.0143. The molecule has 2 fully saturated rings. The number of nitrogens with zero attached hydrogens (tertiary/aromatic N) is 3. The first-order valence-electron chi connectivity index (χ1n) is 12.3. The number of aromatic nitrogens is 1. The lowest BCUT2D eigenvalue weighted by atomic mass is 10.0. The highest BCUT2D eigenvalue weighted by Crippen LogP contribution is 2.31. The average molecular weight is 493 g/mol. The van der Waals surface area contributed by atoms with E-state index in [9.17, 15) is 19.2 Å². The maximum absolute atomic E-state index is 13.5. The molecule has 1 aromatic heterocycles. The van der Waals surface area contributed by atoms with Crippen LogP contribution in [0.1, 0.15) is 37.8 Å². The molecule has 3 amide bonds. The van der Waals surface area contributed by atoms with Crippen molar-refractivity contribution >= 4 is 23.7 Å². The van der Waals surface area contributed by atoms with Crippen LogP contribution in [-0.4, -0.2) is 69.7 Å². The van der Waals surface area contributed by atoms with Crippen LogP contribution in [0.5, 0.6) is 0 Å².